The lowest BCUT2D eigenvalue weighted by Crippen LogP contribution is -2.15. The molecule has 8 heteroatoms. The van der Waals surface area contributed by atoms with Crippen LogP contribution < -0.4 is 16.0 Å². The van der Waals surface area contributed by atoms with Gasteiger partial charge in [-0.05, 0) is 53.6 Å². The Kier molecular flexibility index (Phi) is 7.15. The summed E-state index contributed by atoms with van der Waals surface area (Å²) < 4.78 is 0. The van der Waals surface area contributed by atoms with Crippen LogP contribution in [0.25, 0.3) is 11.0 Å². The van der Waals surface area contributed by atoms with Gasteiger partial charge in [-0.2, -0.15) is 0 Å². The Bertz CT molecular complexity index is 1390. The number of nitrogens with zero attached hydrogens (tertiary/aromatic N) is 4. The SMILES string of the molecule is Cc1ccc(C(=O)Nc2cccc(C(C)(C)C)c2)cc1Nc1ncnc2cnc(NCC(C)C)nc12. The van der Waals surface area contributed by atoms with Gasteiger partial charge in [-0.25, -0.2) is 19.9 Å². The van der Waals surface area contributed by atoms with Crippen molar-refractivity contribution in [2.45, 2.75) is 47.0 Å². The van der Waals surface area contributed by atoms with Crippen molar-refractivity contribution in [3.05, 3.63) is 71.7 Å². The van der Waals surface area contributed by atoms with Crippen molar-refractivity contribution in [3.8, 4) is 0 Å². The monoisotopic (exact) mass is 483 g/mol. The number of carbonyl (C=O) groups excluding carboxylic acids is 1. The van der Waals surface area contributed by atoms with Gasteiger partial charge in [0.1, 0.15) is 17.4 Å². The minimum Gasteiger partial charge on any atom is -0.354 e. The molecule has 4 aromatic rings. The van der Waals surface area contributed by atoms with E-state index in [1.54, 1.807) is 6.20 Å². The number of anilines is 4. The third-order valence-electron chi connectivity index (χ3n) is 5.79. The zero-order chi connectivity index (χ0) is 25.9. The lowest BCUT2D eigenvalue weighted by atomic mass is 9.87. The molecular weight excluding hydrogens is 450 g/mol. The number of amides is 1. The molecule has 1 amide bonds. The Balaban J connectivity index is 1.59. The molecule has 0 aliphatic carbocycles. The molecule has 0 saturated heterocycles. The van der Waals surface area contributed by atoms with Crippen molar-refractivity contribution in [2.75, 3.05) is 22.5 Å². The maximum atomic E-state index is 13.1. The maximum absolute atomic E-state index is 13.1. The lowest BCUT2D eigenvalue weighted by Gasteiger charge is -2.20. The summed E-state index contributed by atoms with van der Waals surface area (Å²) in [4.78, 5) is 30.8. The molecule has 36 heavy (non-hydrogen) atoms. The van der Waals surface area contributed by atoms with Gasteiger partial charge in [-0.15, -0.1) is 0 Å². The quantitative estimate of drug-likeness (QED) is 0.292. The van der Waals surface area contributed by atoms with E-state index in [1.165, 1.54) is 6.33 Å². The van der Waals surface area contributed by atoms with E-state index in [2.05, 4.69) is 76.6 Å². The molecule has 2 aromatic carbocycles. The largest absolute Gasteiger partial charge is 0.354 e. The first-order valence-corrected chi connectivity index (χ1v) is 12.1. The van der Waals surface area contributed by atoms with Crippen LogP contribution in [0.2, 0.25) is 0 Å². The molecule has 0 bridgehead atoms. The predicted molar refractivity (Wildman–Crippen MR) is 146 cm³/mol. The number of carbonyl (C=O) groups is 1. The second-order valence-corrected chi connectivity index (χ2v) is 10.4. The molecule has 0 aliphatic heterocycles. The molecule has 4 rings (SSSR count). The number of aryl methyl sites for hydroxylation is 1. The summed E-state index contributed by atoms with van der Waals surface area (Å²) in [6.45, 7) is 13.4. The smallest absolute Gasteiger partial charge is 0.255 e. The number of hydrogen-bond acceptors (Lipinski definition) is 7. The number of rotatable bonds is 7. The molecule has 0 aliphatic rings. The normalized spacial score (nSPS) is 11.5. The van der Waals surface area contributed by atoms with Gasteiger partial charge >= 0.3 is 0 Å². The van der Waals surface area contributed by atoms with Gasteiger partial charge in [0.25, 0.3) is 5.91 Å². The molecule has 8 nitrogen and oxygen atoms in total. The van der Waals surface area contributed by atoms with Crippen LogP contribution in [-0.2, 0) is 5.41 Å². The second-order valence-electron chi connectivity index (χ2n) is 10.4. The number of aromatic nitrogens is 4. The first-order valence-electron chi connectivity index (χ1n) is 12.1. The summed E-state index contributed by atoms with van der Waals surface area (Å²) in [5, 5.41) is 9.61. The van der Waals surface area contributed by atoms with E-state index in [-0.39, 0.29) is 11.3 Å². The highest BCUT2D eigenvalue weighted by molar-refractivity contribution is 6.05. The summed E-state index contributed by atoms with van der Waals surface area (Å²) >= 11 is 0. The molecule has 3 N–H and O–H groups in total. The fourth-order valence-electron chi connectivity index (χ4n) is 3.62. The zero-order valence-electron chi connectivity index (χ0n) is 21.7. The Morgan fingerprint density at radius 3 is 2.58 bits per heavy atom. The lowest BCUT2D eigenvalue weighted by molar-refractivity contribution is 0.102. The van der Waals surface area contributed by atoms with Crippen molar-refractivity contribution >= 4 is 40.1 Å². The Morgan fingerprint density at radius 2 is 1.83 bits per heavy atom. The highest BCUT2D eigenvalue weighted by atomic mass is 16.1. The van der Waals surface area contributed by atoms with E-state index in [0.29, 0.717) is 34.3 Å². The first-order chi connectivity index (χ1) is 17.1. The minimum absolute atomic E-state index is 0.00424. The molecule has 0 saturated carbocycles. The van der Waals surface area contributed by atoms with Crippen LogP contribution in [0.3, 0.4) is 0 Å². The Morgan fingerprint density at radius 1 is 1.03 bits per heavy atom. The topological polar surface area (TPSA) is 105 Å². The Hall–Kier alpha value is -4.07. The molecule has 0 atom stereocenters. The summed E-state index contributed by atoms with van der Waals surface area (Å²) in [6.07, 6.45) is 3.16. The fraction of sp³-hybridized carbons (Fsp3) is 0.321. The molecule has 2 aromatic heterocycles. The van der Waals surface area contributed by atoms with Gasteiger partial charge in [-0.3, -0.25) is 4.79 Å². The van der Waals surface area contributed by atoms with Gasteiger partial charge < -0.3 is 16.0 Å². The van der Waals surface area contributed by atoms with Crippen LogP contribution >= 0.6 is 0 Å². The molecule has 2 heterocycles. The molecule has 0 spiro atoms. The van der Waals surface area contributed by atoms with E-state index in [0.717, 1.165) is 29.0 Å². The number of hydrogen-bond donors (Lipinski definition) is 3. The van der Waals surface area contributed by atoms with Crippen LogP contribution in [0.5, 0.6) is 0 Å². The van der Waals surface area contributed by atoms with Gasteiger partial charge in [0.05, 0.1) is 6.20 Å². The van der Waals surface area contributed by atoms with Crippen molar-refractivity contribution in [2.24, 2.45) is 5.92 Å². The van der Waals surface area contributed by atoms with Crippen LogP contribution in [-0.4, -0.2) is 32.4 Å². The maximum Gasteiger partial charge on any atom is 0.255 e. The molecule has 0 fully saturated rings. The van der Waals surface area contributed by atoms with Crippen LogP contribution in [0.1, 0.15) is 56.1 Å². The van der Waals surface area contributed by atoms with Gasteiger partial charge in [0.2, 0.25) is 5.95 Å². The van der Waals surface area contributed by atoms with Crippen molar-refractivity contribution in [1.29, 1.82) is 0 Å². The van der Waals surface area contributed by atoms with Crippen LogP contribution in [0.15, 0.2) is 55.0 Å². The van der Waals surface area contributed by atoms with E-state index < -0.39 is 0 Å². The molecule has 0 unspecified atom stereocenters. The minimum atomic E-state index is -0.181. The number of nitrogens with one attached hydrogen (secondary N) is 3. The fourth-order valence-corrected chi connectivity index (χ4v) is 3.62. The Labute approximate surface area is 212 Å². The summed E-state index contributed by atoms with van der Waals surface area (Å²) in [6, 6.07) is 13.5. The molecule has 0 radical (unpaired) electrons. The van der Waals surface area contributed by atoms with E-state index in [1.807, 2.05) is 43.3 Å². The van der Waals surface area contributed by atoms with Gasteiger partial charge in [0, 0.05) is 23.5 Å². The average molecular weight is 484 g/mol. The highest BCUT2D eigenvalue weighted by Gasteiger charge is 2.16. The second kappa shape index (κ2) is 10.3. The van der Waals surface area contributed by atoms with E-state index in [4.69, 9.17) is 0 Å². The number of benzene rings is 2. The average Bonchev–Trinajstić information content (AvgIpc) is 2.84. The van der Waals surface area contributed by atoms with E-state index in [9.17, 15) is 4.79 Å². The molecular formula is C28H33N7O. The standard InChI is InChI=1S/C28H33N7O/c1-17(2)14-29-27-30-15-23-24(35-27)25(32-16-31-23)34-22-12-19(11-10-18(22)3)26(36)33-21-9-7-8-20(13-21)28(4,5)6/h7-13,15-17H,14H2,1-6H3,(H,33,36)(H,29,30,35)(H,31,32,34). The van der Waals surface area contributed by atoms with Crippen molar-refractivity contribution in [1.82, 2.24) is 19.9 Å². The highest BCUT2D eigenvalue weighted by Crippen LogP contribution is 2.27. The van der Waals surface area contributed by atoms with Crippen LogP contribution in [0.4, 0.5) is 23.1 Å². The third-order valence-corrected chi connectivity index (χ3v) is 5.79. The third kappa shape index (κ3) is 5.94. The van der Waals surface area contributed by atoms with Gasteiger partial charge in [-0.1, -0.05) is 52.8 Å². The summed E-state index contributed by atoms with van der Waals surface area (Å²) in [7, 11) is 0. The predicted octanol–water partition coefficient (Wildman–Crippen LogP) is 6.09. The molecule has 186 valence electrons. The summed E-state index contributed by atoms with van der Waals surface area (Å²) in [5.74, 6) is 1.35. The van der Waals surface area contributed by atoms with Crippen molar-refractivity contribution < 1.29 is 4.79 Å². The van der Waals surface area contributed by atoms with Crippen LogP contribution in [0, 0.1) is 12.8 Å². The van der Waals surface area contributed by atoms with Gasteiger partial charge in [0.15, 0.2) is 5.82 Å². The van der Waals surface area contributed by atoms with E-state index >= 15 is 0 Å². The summed E-state index contributed by atoms with van der Waals surface area (Å²) in [5.41, 5.74) is 5.43. The van der Waals surface area contributed by atoms with Crippen molar-refractivity contribution in [3.63, 3.8) is 0 Å². The number of fused-ring (bicyclic) bond motifs is 1. The zero-order valence-corrected chi connectivity index (χ0v) is 21.7. The first kappa shape index (κ1) is 25.0.